The highest BCUT2D eigenvalue weighted by molar-refractivity contribution is 5.81. The van der Waals surface area contributed by atoms with Crippen LogP contribution in [0.3, 0.4) is 0 Å². The quantitative estimate of drug-likeness (QED) is 0.545. The van der Waals surface area contributed by atoms with Crippen LogP contribution in [0.5, 0.6) is 5.75 Å². The van der Waals surface area contributed by atoms with E-state index >= 15 is 0 Å². The van der Waals surface area contributed by atoms with E-state index in [9.17, 15) is 4.79 Å². The van der Waals surface area contributed by atoms with Crippen LogP contribution in [0.2, 0.25) is 0 Å². The minimum atomic E-state index is -0.341. The van der Waals surface area contributed by atoms with Crippen LogP contribution in [0.15, 0.2) is 42.5 Å². The fraction of sp³-hybridized carbons (Fsp3) is 0.440. The third kappa shape index (κ3) is 4.90. The Morgan fingerprint density at radius 3 is 2.90 bits per heavy atom. The van der Waals surface area contributed by atoms with Crippen LogP contribution in [0.1, 0.15) is 49.2 Å². The largest absolute Gasteiger partial charge is 0.493 e. The molecule has 1 amide bonds. The first-order chi connectivity index (χ1) is 15.0. The van der Waals surface area contributed by atoms with Crippen molar-refractivity contribution < 1.29 is 14.3 Å². The Kier molecular flexibility index (Phi) is 6.56. The van der Waals surface area contributed by atoms with Gasteiger partial charge in [0.05, 0.1) is 23.7 Å². The predicted molar refractivity (Wildman–Crippen MR) is 121 cm³/mol. The summed E-state index contributed by atoms with van der Waals surface area (Å²) < 4.78 is 13.7. The molecule has 0 saturated carbocycles. The number of fused-ring (bicyclic) bond motifs is 1. The second-order valence-electron chi connectivity index (χ2n) is 8.31. The summed E-state index contributed by atoms with van der Waals surface area (Å²) in [6, 6.07) is 14.1. The number of nitrogens with one attached hydrogen (secondary N) is 1. The van der Waals surface area contributed by atoms with Gasteiger partial charge in [0.2, 0.25) is 5.91 Å². The first-order valence-electron chi connectivity index (χ1n) is 11.1. The summed E-state index contributed by atoms with van der Waals surface area (Å²) >= 11 is 0. The lowest BCUT2D eigenvalue weighted by atomic mass is 10.1. The molecule has 1 saturated heterocycles. The second kappa shape index (κ2) is 9.52. The second-order valence-corrected chi connectivity index (χ2v) is 8.31. The highest BCUT2D eigenvalue weighted by Gasteiger charge is 2.26. The number of para-hydroxylation sites is 2. The van der Waals surface area contributed by atoms with Crippen LogP contribution in [0.25, 0.3) is 11.0 Å². The van der Waals surface area contributed by atoms with Gasteiger partial charge in [-0.2, -0.15) is 0 Å². The molecule has 0 spiro atoms. The normalized spacial score (nSPS) is 17.1. The summed E-state index contributed by atoms with van der Waals surface area (Å²) in [6.07, 6.45) is 2.22. The number of amides is 1. The zero-order chi connectivity index (χ0) is 21.8. The fourth-order valence-electron chi connectivity index (χ4n) is 4.18. The highest BCUT2D eigenvalue weighted by atomic mass is 16.5. The van der Waals surface area contributed by atoms with Crippen molar-refractivity contribution >= 4 is 16.9 Å². The topological polar surface area (TPSA) is 65.4 Å². The van der Waals surface area contributed by atoms with E-state index in [1.54, 1.807) is 0 Å². The van der Waals surface area contributed by atoms with Crippen molar-refractivity contribution in [2.75, 3.05) is 13.2 Å². The van der Waals surface area contributed by atoms with Crippen LogP contribution in [0, 0.1) is 13.8 Å². The van der Waals surface area contributed by atoms with E-state index in [1.807, 2.05) is 31.2 Å². The molecule has 164 valence electrons. The molecule has 1 fully saturated rings. The molecule has 2 unspecified atom stereocenters. The van der Waals surface area contributed by atoms with E-state index in [1.165, 1.54) is 5.56 Å². The number of benzene rings is 2. The Bertz CT molecular complexity index is 1050. The molecule has 0 aliphatic carbocycles. The first kappa shape index (κ1) is 21.4. The first-order valence-corrected chi connectivity index (χ1v) is 11.1. The maximum Gasteiger partial charge on any atom is 0.249 e. The minimum Gasteiger partial charge on any atom is -0.493 e. The SMILES string of the molecule is Cc1ccc(OCCCn2c(C(C)NC(=O)C3CCCO3)nc3ccccc32)c(C)c1. The molecule has 1 aliphatic rings. The summed E-state index contributed by atoms with van der Waals surface area (Å²) in [6.45, 7) is 8.18. The molecule has 0 radical (unpaired) electrons. The van der Waals surface area contributed by atoms with Crippen molar-refractivity contribution in [3.05, 3.63) is 59.4 Å². The van der Waals surface area contributed by atoms with Crippen LogP contribution in [-0.4, -0.2) is 34.8 Å². The molecule has 2 aromatic carbocycles. The zero-order valence-electron chi connectivity index (χ0n) is 18.6. The Balaban J connectivity index is 1.45. The van der Waals surface area contributed by atoms with Gasteiger partial charge in [-0.3, -0.25) is 4.79 Å². The third-order valence-corrected chi connectivity index (χ3v) is 5.77. The molecular formula is C25H31N3O3. The molecule has 2 atom stereocenters. The fourth-order valence-corrected chi connectivity index (χ4v) is 4.18. The van der Waals surface area contributed by atoms with Gasteiger partial charge in [-0.05, 0) is 63.8 Å². The van der Waals surface area contributed by atoms with Gasteiger partial charge in [0.25, 0.3) is 0 Å². The summed E-state index contributed by atoms with van der Waals surface area (Å²) in [4.78, 5) is 17.4. The lowest BCUT2D eigenvalue weighted by Crippen LogP contribution is -2.36. The van der Waals surface area contributed by atoms with Crippen LogP contribution < -0.4 is 10.1 Å². The molecule has 2 heterocycles. The van der Waals surface area contributed by atoms with E-state index in [0.717, 1.165) is 54.0 Å². The summed E-state index contributed by atoms with van der Waals surface area (Å²) in [7, 11) is 0. The number of aryl methyl sites for hydroxylation is 3. The Morgan fingerprint density at radius 2 is 2.13 bits per heavy atom. The van der Waals surface area contributed by atoms with E-state index in [4.69, 9.17) is 14.5 Å². The maximum absolute atomic E-state index is 12.5. The average Bonchev–Trinajstić information content (AvgIpc) is 3.41. The van der Waals surface area contributed by atoms with Crippen LogP contribution in [0.4, 0.5) is 0 Å². The Hall–Kier alpha value is -2.86. The van der Waals surface area contributed by atoms with E-state index in [2.05, 4.69) is 41.9 Å². The Morgan fingerprint density at radius 1 is 1.29 bits per heavy atom. The van der Waals surface area contributed by atoms with Crippen molar-refractivity contribution in [1.82, 2.24) is 14.9 Å². The number of imidazole rings is 1. The standard InChI is InChI=1S/C25H31N3O3/c1-17-11-12-22(18(2)16-17)30-15-7-13-28-21-9-5-4-8-20(21)27-24(28)19(3)26-25(29)23-10-6-14-31-23/h4-5,8-9,11-12,16,19,23H,6-7,10,13-15H2,1-3H3,(H,26,29). The lowest BCUT2D eigenvalue weighted by molar-refractivity contribution is -0.130. The number of aromatic nitrogens is 2. The van der Waals surface area contributed by atoms with E-state index in [-0.39, 0.29) is 18.1 Å². The van der Waals surface area contributed by atoms with E-state index in [0.29, 0.717) is 13.2 Å². The molecule has 1 aliphatic heterocycles. The number of carbonyl (C=O) groups is 1. The van der Waals surface area contributed by atoms with E-state index < -0.39 is 0 Å². The lowest BCUT2D eigenvalue weighted by Gasteiger charge is -2.18. The number of nitrogens with zero attached hydrogens (tertiary/aromatic N) is 2. The van der Waals surface area contributed by atoms with Gasteiger partial charge in [0.15, 0.2) is 0 Å². The van der Waals surface area contributed by atoms with Gasteiger partial charge in [-0.1, -0.05) is 29.8 Å². The molecule has 4 rings (SSSR count). The third-order valence-electron chi connectivity index (χ3n) is 5.77. The zero-order valence-corrected chi connectivity index (χ0v) is 18.6. The van der Waals surface area contributed by atoms with Crippen LogP contribution >= 0.6 is 0 Å². The maximum atomic E-state index is 12.5. The van der Waals surface area contributed by atoms with Gasteiger partial charge >= 0.3 is 0 Å². The summed E-state index contributed by atoms with van der Waals surface area (Å²) in [5, 5.41) is 3.09. The van der Waals surface area contributed by atoms with Crippen molar-refractivity contribution in [2.45, 2.75) is 58.7 Å². The van der Waals surface area contributed by atoms with Gasteiger partial charge in [0, 0.05) is 13.2 Å². The van der Waals surface area contributed by atoms with Crippen LogP contribution in [-0.2, 0) is 16.1 Å². The molecule has 1 N–H and O–H groups in total. The van der Waals surface area contributed by atoms with Gasteiger partial charge in [0.1, 0.15) is 17.7 Å². The molecule has 6 heteroatoms. The minimum absolute atomic E-state index is 0.0539. The number of carbonyl (C=O) groups excluding carboxylic acids is 1. The van der Waals surface area contributed by atoms with Gasteiger partial charge < -0.3 is 19.4 Å². The number of ether oxygens (including phenoxy) is 2. The number of hydrogen-bond donors (Lipinski definition) is 1. The molecule has 6 nitrogen and oxygen atoms in total. The van der Waals surface area contributed by atoms with Crippen molar-refractivity contribution in [3.63, 3.8) is 0 Å². The summed E-state index contributed by atoms with van der Waals surface area (Å²) in [5.41, 5.74) is 4.39. The van der Waals surface area contributed by atoms with Gasteiger partial charge in [-0.25, -0.2) is 4.98 Å². The van der Waals surface area contributed by atoms with Crippen molar-refractivity contribution in [3.8, 4) is 5.75 Å². The number of hydrogen-bond acceptors (Lipinski definition) is 4. The van der Waals surface area contributed by atoms with Crippen molar-refractivity contribution in [2.24, 2.45) is 0 Å². The predicted octanol–water partition coefficient (Wildman–Crippen LogP) is 4.48. The Labute approximate surface area is 183 Å². The molecule has 31 heavy (non-hydrogen) atoms. The molecular weight excluding hydrogens is 390 g/mol. The number of rotatable bonds is 8. The van der Waals surface area contributed by atoms with Gasteiger partial charge in [-0.15, -0.1) is 0 Å². The van der Waals surface area contributed by atoms with Crippen molar-refractivity contribution in [1.29, 1.82) is 0 Å². The monoisotopic (exact) mass is 421 g/mol. The molecule has 1 aromatic heterocycles. The smallest absolute Gasteiger partial charge is 0.249 e. The summed E-state index contributed by atoms with van der Waals surface area (Å²) in [5.74, 6) is 1.74. The average molecular weight is 422 g/mol. The molecule has 0 bridgehead atoms. The highest BCUT2D eigenvalue weighted by Crippen LogP contribution is 2.23. The molecule has 3 aromatic rings.